The average Bonchev–Trinajstić information content (AvgIpc) is 3.25. The number of phenols is 1. The van der Waals surface area contributed by atoms with Crippen molar-refractivity contribution in [2.24, 2.45) is 10.7 Å². The number of carbonyl (C=O) groups excluding carboxylic acids is 5. The number of amides is 6. The number of nitrogens with one attached hydrogen (secondary N) is 7. The van der Waals surface area contributed by atoms with Gasteiger partial charge in [0.05, 0.1) is 12.5 Å². The summed E-state index contributed by atoms with van der Waals surface area (Å²) in [7, 11) is 5.84. The SMILES string of the molecule is CCC(=O)NCCNC(=O)NC(N)=NCCC[C@@H](NC(=O)C(c1ccccc1)c1ccc(NCC(=O)N(C)CCCN(C)CCCNC)cc1)C(=O)NCc1ccc(O)cc1. The van der Waals surface area contributed by atoms with Crippen LogP contribution in [0.15, 0.2) is 83.9 Å². The number of urea groups is 1. The zero-order valence-corrected chi connectivity index (χ0v) is 36.0. The van der Waals surface area contributed by atoms with Crippen molar-refractivity contribution in [2.45, 2.75) is 57.5 Å². The first-order valence-corrected chi connectivity index (χ1v) is 20.8. The smallest absolute Gasteiger partial charge is 0.321 e. The van der Waals surface area contributed by atoms with Gasteiger partial charge in [0.1, 0.15) is 11.8 Å². The Bertz CT molecular complexity index is 1830. The first-order chi connectivity index (χ1) is 29.4. The highest BCUT2D eigenvalue weighted by Gasteiger charge is 2.28. The summed E-state index contributed by atoms with van der Waals surface area (Å²) in [5.74, 6) is -1.75. The number of rotatable bonds is 26. The Morgan fingerprint density at radius 2 is 1.44 bits per heavy atom. The van der Waals surface area contributed by atoms with Crippen molar-refractivity contribution in [2.75, 3.05) is 78.8 Å². The number of nitrogens with zero attached hydrogens (tertiary/aromatic N) is 3. The van der Waals surface area contributed by atoms with Gasteiger partial charge in [-0.15, -0.1) is 0 Å². The van der Waals surface area contributed by atoms with E-state index in [0.29, 0.717) is 24.9 Å². The molecular formula is C44H65N11O6. The fourth-order valence-corrected chi connectivity index (χ4v) is 6.23. The van der Waals surface area contributed by atoms with E-state index in [1.165, 1.54) is 12.1 Å². The predicted octanol–water partition coefficient (Wildman–Crippen LogP) is 2.05. The van der Waals surface area contributed by atoms with Gasteiger partial charge in [-0.05, 0) is 100 Å². The van der Waals surface area contributed by atoms with E-state index in [1.54, 1.807) is 31.0 Å². The molecule has 0 aliphatic rings. The number of nitrogens with two attached hydrogens (primary N) is 1. The third kappa shape index (κ3) is 19.2. The molecular weight excluding hydrogens is 779 g/mol. The molecule has 3 aromatic rings. The standard InChI is InChI=1S/C44H65N11O6/c1-5-38(57)47-25-26-49-44(61)53-43(45)48-24-9-14-37(41(59)51-30-32-15-21-36(56)22-16-32)52-42(60)40(33-12-7-6-8-13-33)34-17-19-35(20-18-34)50-31-39(58)55(4)29-11-28-54(3)27-10-23-46-2/h6-8,12-13,15-22,37,40,46,50,56H,5,9-11,14,23-31H2,1-4H3,(H,47,57)(H,51,59)(H,52,60)(H4,45,48,49,53,61)/t37-,40?/m1/s1. The summed E-state index contributed by atoms with van der Waals surface area (Å²) in [5.41, 5.74) is 8.81. The molecule has 17 heteroatoms. The van der Waals surface area contributed by atoms with Gasteiger partial charge in [0.15, 0.2) is 5.96 Å². The molecule has 0 bridgehead atoms. The van der Waals surface area contributed by atoms with Gasteiger partial charge in [-0.2, -0.15) is 0 Å². The Morgan fingerprint density at radius 3 is 2.13 bits per heavy atom. The number of likely N-dealkylation sites (N-methyl/N-ethyl adjacent to an activating group) is 1. The van der Waals surface area contributed by atoms with Crippen LogP contribution < -0.4 is 43.0 Å². The number of carbonyl (C=O) groups is 5. The van der Waals surface area contributed by atoms with Gasteiger partial charge in [-0.25, -0.2) is 4.79 Å². The van der Waals surface area contributed by atoms with Gasteiger partial charge in [0.25, 0.3) is 0 Å². The largest absolute Gasteiger partial charge is 0.508 e. The van der Waals surface area contributed by atoms with Gasteiger partial charge in [-0.1, -0.05) is 61.5 Å². The molecule has 0 fully saturated rings. The molecule has 0 saturated carbocycles. The predicted molar refractivity (Wildman–Crippen MR) is 239 cm³/mol. The van der Waals surface area contributed by atoms with Crippen molar-refractivity contribution in [3.05, 3.63) is 95.6 Å². The molecule has 10 N–H and O–H groups in total. The van der Waals surface area contributed by atoms with Crippen LogP contribution >= 0.6 is 0 Å². The summed E-state index contributed by atoms with van der Waals surface area (Å²) >= 11 is 0. The fraction of sp³-hybridized carbons (Fsp3) is 0.455. The molecule has 1 unspecified atom stereocenters. The maximum Gasteiger partial charge on any atom is 0.321 e. The fourth-order valence-electron chi connectivity index (χ4n) is 6.23. The molecule has 6 amide bonds. The highest BCUT2D eigenvalue weighted by atomic mass is 16.3. The lowest BCUT2D eigenvalue weighted by molar-refractivity contribution is -0.129. The molecule has 332 valence electrons. The van der Waals surface area contributed by atoms with Crippen molar-refractivity contribution in [3.63, 3.8) is 0 Å². The highest BCUT2D eigenvalue weighted by Crippen LogP contribution is 2.27. The van der Waals surface area contributed by atoms with Crippen molar-refractivity contribution < 1.29 is 29.1 Å². The minimum Gasteiger partial charge on any atom is -0.508 e. The van der Waals surface area contributed by atoms with E-state index < -0.39 is 29.8 Å². The van der Waals surface area contributed by atoms with Crippen LogP contribution in [0.2, 0.25) is 0 Å². The number of aromatic hydroxyl groups is 1. The van der Waals surface area contributed by atoms with Crippen LogP contribution in [0.3, 0.4) is 0 Å². The maximum absolute atomic E-state index is 14.2. The molecule has 0 aliphatic carbocycles. The van der Waals surface area contributed by atoms with Crippen molar-refractivity contribution in [1.29, 1.82) is 0 Å². The normalized spacial score (nSPS) is 12.2. The molecule has 61 heavy (non-hydrogen) atoms. The van der Waals surface area contributed by atoms with E-state index >= 15 is 0 Å². The molecule has 3 rings (SSSR count). The van der Waals surface area contributed by atoms with Crippen LogP contribution in [-0.4, -0.2) is 130 Å². The number of benzene rings is 3. The first kappa shape index (κ1) is 49.2. The van der Waals surface area contributed by atoms with Crippen LogP contribution in [0, 0.1) is 0 Å². The number of hydrogen-bond donors (Lipinski definition) is 9. The van der Waals surface area contributed by atoms with Crippen LogP contribution in [0.25, 0.3) is 0 Å². The second-order valence-electron chi connectivity index (χ2n) is 14.7. The Labute approximate surface area is 359 Å². The highest BCUT2D eigenvalue weighted by molar-refractivity contribution is 5.95. The zero-order valence-electron chi connectivity index (χ0n) is 36.0. The van der Waals surface area contributed by atoms with Gasteiger partial charge in [-0.3, -0.25) is 29.5 Å². The van der Waals surface area contributed by atoms with Crippen molar-refractivity contribution in [3.8, 4) is 5.75 Å². The summed E-state index contributed by atoms with van der Waals surface area (Å²) in [6.45, 7) is 6.17. The topological polar surface area (TPSA) is 235 Å². The maximum atomic E-state index is 14.2. The van der Waals surface area contributed by atoms with Crippen LogP contribution in [0.1, 0.15) is 61.6 Å². The van der Waals surface area contributed by atoms with Gasteiger partial charge in [0, 0.05) is 51.9 Å². The summed E-state index contributed by atoms with van der Waals surface area (Å²) in [5, 5.41) is 29.6. The van der Waals surface area contributed by atoms with Crippen LogP contribution in [0.5, 0.6) is 5.75 Å². The Morgan fingerprint density at radius 1 is 0.770 bits per heavy atom. The molecule has 0 saturated heterocycles. The van der Waals surface area contributed by atoms with E-state index in [0.717, 1.165) is 49.3 Å². The van der Waals surface area contributed by atoms with E-state index in [2.05, 4.69) is 54.2 Å². The third-order valence-corrected chi connectivity index (χ3v) is 9.77. The Balaban J connectivity index is 1.66. The summed E-state index contributed by atoms with van der Waals surface area (Å²) in [4.78, 5) is 72.6. The minimum absolute atomic E-state index is 0.0288. The molecule has 0 radical (unpaired) electrons. The van der Waals surface area contributed by atoms with E-state index in [9.17, 15) is 29.1 Å². The van der Waals surface area contributed by atoms with Gasteiger partial charge >= 0.3 is 6.03 Å². The van der Waals surface area contributed by atoms with Gasteiger partial charge in [0.2, 0.25) is 23.6 Å². The van der Waals surface area contributed by atoms with Crippen LogP contribution in [-0.2, 0) is 25.7 Å². The zero-order chi connectivity index (χ0) is 44.4. The lowest BCUT2D eigenvalue weighted by Crippen LogP contribution is -2.48. The lowest BCUT2D eigenvalue weighted by atomic mass is 9.90. The van der Waals surface area contributed by atoms with E-state index in [4.69, 9.17) is 5.73 Å². The number of phenolic OH excluding ortho intramolecular Hbond substituents is 1. The molecule has 3 aromatic carbocycles. The van der Waals surface area contributed by atoms with E-state index in [1.807, 2.05) is 61.6 Å². The first-order valence-electron chi connectivity index (χ1n) is 20.8. The number of aliphatic imine (C=N–C) groups is 1. The molecule has 17 nitrogen and oxygen atoms in total. The number of anilines is 1. The average molecular weight is 844 g/mol. The lowest BCUT2D eigenvalue weighted by Gasteiger charge is -2.23. The Kier molecular flexibility index (Phi) is 22.2. The van der Waals surface area contributed by atoms with Gasteiger partial charge < -0.3 is 52.5 Å². The molecule has 0 heterocycles. The Hall–Kier alpha value is -6.20. The summed E-state index contributed by atoms with van der Waals surface area (Å²) in [6.07, 6.45) is 2.83. The molecule has 0 aliphatic heterocycles. The van der Waals surface area contributed by atoms with E-state index in [-0.39, 0.29) is 62.7 Å². The second kappa shape index (κ2) is 27.5. The third-order valence-electron chi connectivity index (χ3n) is 9.77. The number of guanidine groups is 1. The minimum atomic E-state index is -0.954. The van der Waals surface area contributed by atoms with Crippen LogP contribution in [0.4, 0.5) is 10.5 Å². The van der Waals surface area contributed by atoms with Crippen molar-refractivity contribution in [1.82, 2.24) is 41.7 Å². The quantitative estimate of drug-likeness (QED) is 0.0324. The molecule has 0 aromatic heterocycles. The number of hydrogen-bond acceptors (Lipinski definition) is 10. The summed E-state index contributed by atoms with van der Waals surface area (Å²) in [6, 6.07) is 21.5. The van der Waals surface area contributed by atoms with Crippen molar-refractivity contribution >= 4 is 41.3 Å². The second-order valence-corrected chi connectivity index (χ2v) is 14.7. The summed E-state index contributed by atoms with van der Waals surface area (Å²) < 4.78 is 0. The monoisotopic (exact) mass is 844 g/mol. The molecule has 2 atom stereocenters. The molecule has 0 spiro atoms.